The number of hydrogen-bond acceptors (Lipinski definition) is 12. The van der Waals surface area contributed by atoms with Crippen molar-refractivity contribution < 1.29 is 28.6 Å². The van der Waals surface area contributed by atoms with Gasteiger partial charge >= 0.3 is 0 Å². The third kappa shape index (κ3) is 6.85. The second-order valence-electron chi connectivity index (χ2n) is 11.2. The fourth-order valence-electron chi connectivity index (χ4n) is 5.64. The van der Waals surface area contributed by atoms with Gasteiger partial charge in [-0.1, -0.05) is 0 Å². The molecule has 3 aliphatic heterocycles. The number of piperidine rings is 1. The number of nitriles is 1. The Balaban J connectivity index is 1.07. The van der Waals surface area contributed by atoms with Gasteiger partial charge < -0.3 is 29.7 Å². The number of aromatic nitrogens is 3. The molecule has 0 bridgehead atoms. The molecule has 1 aromatic heterocycles. The van der Waals surface area contributed by atoms with Gasteiger partial charge in [-0.3, -0.25) is 14.5 Å². The van der Waals surface area contributed by atoms with Crippen LogP contribution in [0.5, 0.6) is 5.75 Å². The number of benzene rings is 2. The van der Waals surface area contributed by atoms with E-state index in [4.69, 9.17) is 9.47 Å². The standard InChI is InChI=1S/C31H33FN8O5/c32-25-15-40(30(43)26(42)16-41)8-7-28(25)45-27-6-1-20(13-21(27)14-33)29-34-19-35-31(37-29)36-22-2-4-23(5-3-22)38-9-11-39(12-10-38)24-17-44-18-24/h1-6,13,16,19,24-26,28,42H,7-12,15,17-18H2,(H,34,35,36,37)/t25-,26-,28+/m1/s1. The predicted molar refractivity (Wildman–Crippen MR) is 161 cm³/mol. The molecule has 3 atom stereocenters. The van der Waals surface area contributed by atoms with Crippen molar-refractivity contribution in [1.29, 1.82) is 5.26 Å². The number of likely N-dealkylation sites (tertiary alicyclic amines) is 1. The third-order valence-electron chi connectivity index (χ3n) is 8.32. The minimum atomic E-state index is -1.82. The van der Waals surface area contributed by atoms with Gasteiger partial charge in [0, 0.05) is 56.1 Å². The molecular formula is C31H33FN8O5. The highest BCUT2D eigenvalue weighted by Crippen LogP contribution is 2.29. The minimum absolute atomic E-state index is 0.103. The molecule has 0 saturated carbocycles. The first kappa shape index (κ1) is 30.3. The summed E-state index contributed by atoms with van der Waals surface area (Å²) in [5.41, 5.74) is 2.69. The van der Waals surface area contributed by atoms with E-state index in [1.807, 2.05) is 12.1 Å². The molecule has 1 amide bonds. The molecule has 13 nitrogen and oxygen atoms in total. The molecule has 0 aliphatic carbocycles. The summed E-state index contributed by atoms with van der Waals surface area (Å²) in [5.74, 6) is 0.0171. The quantitative estimate of drug-likeness (QED) is 0.265. The van der Waals surface area contributed by atoms with Gasteiger partial charge in [-0.2, -0.15) is 10.2 Å². The molecule has 3 fully saturated rings. The molecule has 2 aromatic carbocycles. The van der Waals surface area contributed by atoms with E-state index in [0.29, 0.717) is 23.4 Å². The van der Waals surface area contributed by atoms with Gasteiger partial charge in [-0.15, -0.1) is 0 Å². The summed E-state index contributed by atoms with van der Waals surface area (Å²) in [6.45, 7) is 5.43. The van der Waals surface area contributed by atoms with Crippen molar-refractivity contribution in [2.24, 2.45) is 0 Å². The normalized spacial score (nSPS) is 21.4. The Morgan fingerprint density at radius 2 is 1.91 bits per heavy atom. The fourth-order valence-corrected chi connectivity index (χ4v) is 5.64. The van der Waals surface area contributed by atoms with Crippen LogP contribution in [-0.2, 0) is 14.3 Å². The number of anilines is 3. The molecule has 234 valence electrons. The number of alkyl halides is 1. The van der Waals surface area contributed by atoms with E-state index in [-0.39, 0.29) is 37.1 Å². The largest absolute Gasteiger partial charge is 0.486 e. The van der Waals surface area contributed by atoms with Gasteiger partial charge in [-0.05, 0) is 42.5 Å². The van der Waals surface area contributed by atoms with Crippen LogP contribution in [-0.4, -0.2) is 119 Å². The topological polar surface area (TPSA) is 157 Å². The van der Waals surface area contributed by atoms with E-state index in [1.54, 1.807) is 18.2 Å². The number of halogens is 1. The Morgan fingerprint density at radius 3 is 2.58 bits per heavy atom. The first-order chi connectivity index (χ1) is 21.9. The lowest BCUT2D eigenvalue weighted by Gasteiger charge is -2.43. The van der Waals surface area contributed by atoms with E-state index < -0.39 is 24.3 Å². The lowest BCUT2D eigenvalue weighted by Crippen LogP contribution is -2.56. The Labute approximate surface area is 259 Å². The van der Waals surface area contributed by atoms with Crippen molar-refractivity contribution >= 4 is 29.5 Å². The Hall–Kier alpha value is -4.71. The van der Waals surface area contributed by atoms with Crippen LogP contribution in [0.3, 0.4) is 0 Å². The number of amides is 1. The maximum Gasteiger partial charge on any atom is 0.258 e. The van der Waals surface area contributed by atoms with Crippen molar-refractivity contribution in [3.63, 3.8) is 0 Å². The fraction of sp³-hybridized carbons (Fsp3) is 0.419. The number of nitrogens with one attached hydrogen (secondary N) is 1. The Bertz CT molecular complexity index is 1560. The van der Waals surface area contributed by atoms with Gasteiger partial charge in [0.1, 0.15) is 24.3 Å². The summed E-state index contributed by atoms with van der Waals surface area (Å²) >= 11 is 0. The number of aliphatic hydroxyl groups is 1. The zero-order chi connectivity index (χ0) is 31.3. The average molecular weight is 617 g/mol. The molecule has 3 aromatic rings. The highest BCUT2D eigenvalue weighted by molar-refractivity contribution is 5.94. The molecule has 0 spiro atoms. The zero-order valence-corrected chi connectivity index (χ0v) is 24.5. The molecule has 3 saturated heterocycles. The maximum absolute atomic E-state index is 14.9. The van der Waals surface area contributed by atoms with Crippen LogP contribution in [0, 0.1) is 11.3 Å². The number of hydrogen-bond donors (Lipinski definition) is 2. The summed E-state index contributed by atoms with van der Waals surface area (Å²) in [6, 6.07) is 15.5. The molecule has 14 heteroatoms. The number of aliphatic hydroxyl groups excluding tert-OH is 1. The molecular weight excluding hydrogens is 583 g/mol. The summed E-state index contributed by atoms with van der Waals surface area (Å²) < 4.78 is 26.0. The summed E-state index contributed by atoms with van der Waals surface area (Å²) in [7, 11) is 0. The van der Waals surface area contributed by atoms with Crippen molar-refractivity contribution in [2.75, 3.05) is 62.7 Å². The highest BCUT2D eigenvalue weighted by atomic mass is 19.1. The number of carbonyl (C=O) groups is 2. The van der Waals surface area contributed by atoms with Crippen LogP contribution in [0.15, 0.2) is 48.8 Å². The Morgan fingerprint density at radius 1 is 1.13 bits per heavy atom. The highest BCUT2D eigenvalue weighted by Gasteiger charge is 2.35. The smallest absolute Gasteiger partial charge is 0.258 e. The van der Waals surface area contributed by atoms with Gasteiger partial charge in [0.25, 0.3) is 5.91 Å². The second kappa shape index (κ2) is 13.5. The zero-order valence-electron chi connectivity index (χ0n) is 24.5. The number of piperazine rings is 1. The number of carbonyl (C=O) groups excluding carboxylic acids is 2. The van der Waals surface area contributed by atoms with Gasteiger partial charge in [0.2, 0.25) is 5.95 Å². The predicted octanol–water partition coefficient (Wildman–Crippen LogP) is 1.55. The molecule has 4 heterocycles. The number of nitrogens with zero attached hydrogens (tertiary/aromatic N) is 7. The number of ether oxygens (including phenoxy) is 2. The van der Waals surface area contributed by atoms with E-state index in [2.05, 4.69) is 48.3 Å². The first-order valence-corrected chi connectivity index (χ1v) is 14.8. The summed E-state index contributed by atoms with van der Waals surface area (Å²) in [6.07, 6.45) is -2.68. The third-order valence-corrected chi connectivity index (χ3v) is 8.32. The molecule has 0 radical (unpaired) electrons. The molecule has 6 rings (SSSR count). The van der Waals surface area contributed by atoms with Crippen LogP contribution < -0.4 is 15.0 Å². The monoisotopic (exact) mass is 616 g/mol. The summed E-state index contributed by atoms with van der Waals surface area (Å²) in [4.78, 5) is 41.7. The number of rotatable bonds is 9. The van der Waals surface area contributed by atoms with Crippen LogP contribution in [0.2, 0.25) is 0 Å². The van der Waals surface area contributed by atoms with Gasteiger partial charge in [0.15, 0.2) is 24.4 Å². The SMILES string of the molecule is N#Cc1cc(-c2ncnc(Nc3ccc(N4CCN(C5COC5)CC4)cc3)n2)ccc1O[C@H]1CCN(C(=O)[C@H](O)C=O)C[C@H]1F. The minimum Gasteiger partial charge on any atom is -0.486 e. The van der Waals surface area contributed by atoms with Crippen molar-refractivity contribution in [2.45, 2.75) is 30.8 Å². The molecule has 2 N–H and O–H groups in total. The lowest BCUT2D eigenvalue weighted by molar-refractivity contribution is -0.146. The van der Waals surface area contributed by atoms with E-state index in [9.17, 15) is 24.3 Å². The Kier molecular flexibility index (Phi) is 9.11. The van der Waals surface area contributed by atoms with Crippen LogP contribution in [0.1, 0.15) is 12.0 Å². The van der Waals surface area contributed by atoms with Gasteiger partial charge in [-0.25, -0.2) is 14.4 Å². The van der Waals surface area contributed by atoms with E-state index >= 15 is 0 Å². The van der Waals surface area contributed by atoms with Crippen molar-refractivity contribution in [3.05, 3.63) is 54.4 Å². The van der Waals surface area contributed by atoms with E-state index in [1.165, 1.54) is 6.33 Å². The molecule has 3 aliphatic rings. The second-order valence-corrected chi connectivity index (χ2v) is 11.2. The summed E-state index contributed by atoms with van der Waals surface area (Å²) in [5, 5.41) is 22.5. The molecule has 0 unspecified atom stereocenters. The maximum atomic E-state index is 14.9. The number of aldehydes is 1. The van der Waals surface area contributed by atoms with Crippen molar-refractivity contribution in [1.82, 2.24) is 24.8 Å². The van der Waals surface area contributed by atoms with Crippen LogP contribution >= 0.6 is 0 Å². The van der Waals surface area contributed by atoms with E-state index in [0.717, 1.165) is 55.7 Å². The van der Waals surface area contributed by atoms with Crippen LogP contribution in [0.25, 0.3) is 11.4 Å². The molecule has 45 heavy (non-hydrogen) atoms. The van der Waals surface area contributed by atoms with Crippen molar-refractivity contribution in [3.8, 4) is 23.2 Å². The van der Waals surface area contributed by atoms with Crippen LogP contribution in [0.4, 0.5) is 21.7 Å². The first-order valence-electron chi connectivity index (χ1n) is 14.8. The van der Waals surface area contributed by atoms with Gasteiger partial charge in [0.05, 0.1) is 31.4 Å². The lowest BCUT2D eigenvalue weighted by atomic mass is 10.0. The average Bonchev–Trinajstić information content (AvgIpc) is 3.05.